The van der Waals surface area contributed by atoms with Crippen LogP contribution >= 0.6 is 23.1 Å². The van der Waals surface area contributed by atoms with Gasteiger partial charge in [0.15, 0.2) is 5.16 Å². The molecule has 3 heterocycles. The highest BCUT2D eigenvalue weighted by Gasteiger charge is 2.31. The molecular weight excluding hydrogens is 384 g/mol. The lowest BCUT2D eigenvalue weighted by molar-refractivity contribution is -0.126. The quantitative estimate of drug-likeness (QED) is 0.607. The molecular formula is C18H24N4O3S2. The number of amides is 3. The molecule has 27 heavy (non-hydrogen) atoms. The summed E-state index contributed by atoms with van der Waals surface area (Å²) in [6.45, 7) is 11.1. The van der Waals surface area contributed by atoms with Crippen LogP contribution in [-0.2, 0) is 11.3 Å². The molecule has 0 spiro atoms. The fourth-order valence-electron chi connectivity index (χ4n) is 3.03. The number of urea groups is 1. The van der Waals surface area contributed by atoms with Gasteiger partial charge in [0.1, 0.15) is 4.83 Å². The van der Waals surface area contributed by atoms with Crippen LogP contribution in [0.2, 0.25) is 0 Å². The number of aromatic nitrogens is 2. The lowest BCUT2D eigenvalue weighted by atomic mass is 10.2. The van der Waals surface area contributed by atoms with E-state index >= 15 is 0 Å². The summed E-state index contributed by atoms with van der Waals surface area (Å²) in [5, 5.41) is 3.32. The van der Waals surface area contributed by atoms with Crippen LogP contribution in [0.1, 0.15) is 31.2 Å². The Kier molecular flexibility index (Phi) is 5.62. The minimum atomic E-state index is -0.515. The third-order valence-corrected chi connectivity index (χ3v) is 6.73. The van der Waals surface area contributed by atoms with Crippen molar-refractivity contribution in [3.63, 3.8) is 0 Å². The molecule has 1 aliphatic heterocycles. The van der Waals surface area contributed by atoms with E-state index in [4.69, 9.17) is 4.98 Å². The summed E-state index contributed by atoms with van der Waals surface area (Å²) >= 11 is 2.74. The molecule has 1 saturated heterocycles. The maximum Gasteiger partial charge on any atom is 0.324 e. The van der Waals surface area contributed by atoms with Gasteiger partial charge in [-0.1, -0.05) is 25.6 Å². The average molecular weight is 409 g/mol. The highest BCUT2D eigenvalue weighted by Crippen LogP contribution is 2.30. The number of hydrogen-bond acceptors (Lipinski definition) is 6. The summed E-state index contributed by atoms with van der Waals surface area (Å²) in [4.78, 5) is 45.3. The lowest BCUT2D eigenvalue weighted by Gasteiger charge is -2.19. The number of carbonyl (C=O) groups is 2. The van der Waals surface area contributed by atoms with Crippen molar-refractivity contribution in [2.45, 2.75) is 51.6 Å². The number of imide groups is 1. The molecule has 0 aromatic carbocycles. The fraction of sp³-hybridized carbons (Fsp3) is 0.556. The van der Waals surface area contributed by atoms with Gasteiger partial charge in [-0.2, -0.15) is 0 Å². The van der Waals surface area contributed by atoms with Gasteiger partial charge < -0.3 is 5.32 Å². The maximum absolute atomic E-state index is 13.1. The zero-order valence-corrected chi connectivity index (χ0v) is 17.8. The molecule has 0 unspecified atom stereocenters. The highest BCUT2D eigenvalue weighted by atomic mass is 32.2. The Morgan fingerprint density at radius 1 is 1.30 bits per heavy atom. The summed E-state index contributed by atoms with van der Waals surface area (Å²) in [6.07, 6.45) is 0. The van der Waals surface area contributed by atoms with Crippen LogP contribution in [-0.4, -0.2) is 44.7 Å². The van der Waals surface area contributed by atoms with Crippen LogP contribution in [0.25, 0.3) is 10.2 Å². The summed E-state index contributed by atoms with van der Waals surface area (Å²) in [7, 11) is 0. The van der Waals surface area contributed by atoms with Crippen molar-refractivity contribution in [3.05, 3.63) is 20.8 Å². The molecule has 3 amide bonds. The number of nitrogens with one attached hydrogen (secondary N) is 1. The van der Waals surface area contributed by atoms with E-state index in [0.717, 1.165) is 10.4 Å². The second kappa shape index (κ2) is 7.63. The smallest absolute Gasteiger partial charge is 0.324 e. The standard InChI is InChI=1S/C18H24N4O3S2/c1-9(2)8-22-16(24)13-10(3)11(4)26-14(13)20-18(22)27-12(5)15(23)21-7-6-19-17(21)25/h9,12H,6-8H2,1-5H3,(H,19,25)/t12-/m1/s1. The Hall–Kier alpha value is -1.87. The van der Waals surface area contributed by atoms with Crippen molar-refractivity contribution >= 4 is 45.3 Å². The third-order valence-electron chi connectivity index (χ3n) is 4.55. The monoisotopic (exact) mass is 408 g/mol. The lowest BCUT2D eigenvalue weighted by Crippen LogP contribution is -2.39. The van der Waals surface area contributed by atoms with Crippen molar-refractivity contribution in [1.29, 1.82) is 0 Å². The number of thioether (sulfide) groups is 1. The van der Waals surface area contributed by atoms with E-state index in [9.17, 15) is 14.4 Å². The zero-order valence-electron chi connectivity index (χ0n) is 16.2. The molecule has 146 valence electrons. The van der Waals surface area contributed by atoms with Gasteiger partial charge in [-0.05, 0) is 32.3 Å². The van der Waals surface area contributed by atoms with Gasteiger partial charge in [0, 0.05) is 24.5 Å². The van der Waals surface area contributed by atoms with Gasteiger partial charge in [0.2, 0.25) is 5.91 Å². The molecule has 1 aliphatic rings. The molecule has 1 atom stereocenters. The number of aryl methyl sites for hydroxylation is 2. The van der Waals surface area contributed by atoms with E-state index in [2.05, 4.69) is 5.32 Å². The summed E-state index contributed by atoms with van der Waals surface area (Å²) < 4.78 is 1.67. The molecule has 1 N–H and O–H groups in total. The van der Waals surface area contributed by atoms with Gasteiger partial charge >= 0.3 is 6.03 Å². The van der Waals surface area contributed by atoms with E-state index in [1.807, 2.05) is 27.7 Å². The second-order valence-electron chi connectivity index (χ2n) is 7.15. The first-order chi connectivity index (χ1) is 12.7. The summed E-state index contributed by atoms with van der Waals surface area (Å²) in [5.74, 6) is -0.00399. The van der Waals surface area contributed by atoms with Gasteiger partial charge in [-0.15, -0.1) is 11.3 Å². The zero-order chi connectivity index (χ0) is 19.9. The molecule has 0 bridgehead atoms. The van der Waals surface area contributed by atoms with E-state index in [1.165, 1.54) is 28.0 Å². The van der Waals surface area contributed by atoms with Crippen LogP contribution < -0.4 is 10.9 Å². The number of fused-ring (bicyclic) bond motifs is 1. The van der Waals surface area contributed by atoms with E-state index in [0.29, 0.717) is 35.0 Å². The van der Waals surface area contributed by atoms with E-state index < -0.39 is 5.25 Å². The molecule has 3 rings (SSSR count). The first kappa shape index (κ1) is 19.9. The molecule has 0 radical (unpaired) electrons. The Morgan fingerprint density at radius 2 is 2.00 bits per heavy atom. The predicted octanol–water partition coefficient (Wildman–Crippen LogP) is 2.76. The fourth-order valence-corrected chi connectivity index (χ4v) is 5.09. The summed E-state index contributed by atoms with van der Waals surface area (Å²) in [6, 6.07) is -0.361. The van der Waals surface area contributed by atoms with Gasteiger partial charge in [0.25, 0.3) is 5.56 Å². The minimum absolute atomic E-state index is 0.0587. The van der Waals surface area contributed by atoms with Crippen molar-refractivity contribution in [3.8, 4) is 0 Å². The average Bonchev–Trinajstić information content (AvgIpc) is 3.14. The normalized spacial score (nSPS) is 15.6. The molecule has 2 aromatic rings. The largest absolute Gasteiger partial charge is 0.336 e. The highest BCUT2D eigenvalue weighted by molar-refractivity contribution is 8.00. The van der Waals surface area contributed by atoms with Crippen molar-refractivity contribution in [1.82, 2.24) is 19.8 Å². The third kappa shape index (κ3) is 3.75. The Bertz CT molecular complexity index is 964. The van der Waals surface area contributed by atoms with Crippen LogP contribution in [0.5, 0.6) is 0 Å². The molecule has 0 aliphatic carbocycles. The first-order valence-electron chi connectivity index (χ1n) is 8.97. The number of carbonyl (C=O) groups excluding carboxylic acids is 2. The Labute approximate surface area is 166 Å². The number of hydrogen-bond donors (Lipinski definition) is 1. The molecule has 7 nitrogen and oxygen atoms in total. The summed E-state index contributed by atoms with van der Waals surface area (Å²) in [5.41, 5.74) is 0.913. The van der Waals surface area contributed by atoms with Crippen LogP contribution in [0.15, 0.2) is 9.95 Å². The number of thiophene rings is 1. The second-order valence-corrected chi connectivity index (χ2v) is 9.66. The van der Waals surface area contributed by atoms with Crippen LogP contribution in [0, 0.1) is 19.8 Å². The van der Waals surface area contributed by atoms with E-state index in [1.54, 1.807) is 11.5 Å². The van der Waals surface area contributed by atoms with E-state index in [-0.39, 0.29) is 23.4 Å². The molecule has 1 fully saturated rings. The Morgan fingerprint density at radius 3 is 2.59 bits per heavy atom. The van der Waals surface area contributed by atoms with Crippen molar-refractivity contribution < 1.29 is 9.59 Å². The molecule has 2 aromatic heterocycles. The number of rotatable bonds is 5. The van der Waals surface area contributed by atoms with Gasteiger partial charge in [-0.25, -0.2) is 9.78 Å². The van der Waals surface area contributed by atoms with Crippen molar-refractivity contribution in [2.75, 3.05) is 13.1 Å². The SMILES string of the molecule is Cc1sc2nc(S[C@H](C)C(=O)N3CCNC3=O)n(CC(C)C)c(=O)c2c1C. The number of nitrogens with zero attached hydrogens (tertiary/aromatic N) is 3. The first-order valence-corrected chi connectivity index (χ1v) is 10.7. The molecule has 9 heteroatoms. The molecule has 0 saturated carbocycles. The van der Waals surface area contributed by atoms with Crippen LogP contribution in [0.4, 0.5) is 4.79 Å². The van der Waals surface area contributed by atoms with Crippen molar-refractivity contribution in [2.24, 2.45) is 5.92 Å². The topological polar surface area (TPSA) is 84.3 Å². The van der Waals surface area contributed by atoms with Gasteiger partial charge in [0.05, 0.1) is 10.6 Å². The minimum Gasteiger partial charge on any atom is -0.336 e. The Balaban J connectivity index is 2.00. The maximum atomic E-state index is 13.1. The van der Waals surface area contributed by atoms with Crippen LogP contribution in [0.3, 0.4) is 0 Å². The van der Waals surface area contributed by atoms with Gasteiger partial charge in [-0.3, -0.25) is 19.1 Å². The predicted molar refractivity (Wildman–Crippen MR) is 109 cm³/mol.